The molecule has 0 spiro atoms. The largest absolute Gasteiger partial charge is 0.465 e. The molecule has 0 aliphatic heterocycles. The Hall–Kier alpha value is -1.13. The maximum absolute atomic E-state index is 12.8. The Morgan fingerprint density at radius 1 is 0.930 bits per heavy atom. The van der Waals surface area contributed by atoms with E-state index in [1.165, 1.54) is 62.5 Å². The molecule has 4 saturated carbocycles. The van der Waals surface area contributed by atoms with E-state index in [1.54, 1.807) is 0 Å². The number of carbonyl (C=O) groups excluding carboxylic acids is 1. The third-order valence-electron chi connectivity index (χ3n) is 16.0. The first kappa shape index (κ1) is 31.8. The number of esters is 1. The molecule has 0 radical (unpaired) electrons. The van der Waals surface area contributed by atoms with Crippen molar-refractivity contribution in [2.24, 2.45) is 68.3 Å². The lowest BCUT2D eigenvalue weighted by atomic mass is 9.33. The molecule has 3 N–H and O–H groups in total. The molecule has 4 heteroatoms. The summed E-state index contributed by atoms with van der Waals surface area (Å²) in [5.41, 5.74) is 10.7. The van der Waals surface area contributed by atoms with Gasteiger partial charge >= 0.3 is 5.97 Å². The molecule has 6 aliphatic carbocycles. The van der Waals surface area contributed by atoms with Crippen molar-refractivity contribution in [3.8, 4) is 0 Å². The molecular formula is C39H63NO3. The van der Waals surface area contributed by atoms with Crippen molar-refractivity contribution in [3.63, 3.8) is 0 Å². The molecule has 10 atom stereocenters. The highest BCUT2D eigenvalue weighted by atomic mass is 16.5. The monoisotopic (exact) mass is 593 g/mol. The zero-order valence-electron chi connectivity index (χ0n) is 28.9. The van der Waals surface area contributed by atoms with Gasteiger partial charge in [0, 0.05) is 5.54 Å². The van der Waals surface area contributed by atoms with E-state index in [2.05, 4.69) is 60.6 Å². The Kier molecular flexibility index (Phi) is 7.73. The Morgan fingerprint density at radius 3 is 2.30 bits per heavy atom. The SMILES string of the molecule is CCOC(=O)[C@@]1(CO)CC=C(C2=CC[C@]3(C)[C@H]4CC[C@@H]5[C@H]6[C@H](C(C)C)CC[C@]6(N)CC[C@@]5(C)[C@]4(C)CC[C@H]3C2(C)C)CC1. The average molecular weight is 594 g/mol. The summed E-state index contributed by atoms with van der Waals surface area (Å²) in [4.78, 5) is 12.8. The Bertz CT molecular complexity index is 1180. The summed E-state index contributed by atoms with van der Waals surface area (Å²) >= 11 is 0. The highest BCUT2D eigenvalue weighted by Crippen LogP contribution is 2.76. The van der Waals surface area contributed by atoms with Crippen molar-refractivity contribution < 1.29 is 14.6 Å². The number of ether oxygens (including phenoxy) is 1. The minimum atomic E-state index is -0.775. The van der Waals surface area contributed by atoms with Gasteiger partial charge < -0.3 is 15.6 Å². The zero-order chi connectivity index (χ0) is 31.2. The predicted octanol–water partition coefficient (Wildman–Crippen LogP) is 8.62. The van der Waals surface area contributed by atoms with Gasteiger partial charge in [0.15, 0.2) is 0 Å². The van der Waals surface area contributed by atoms with E-state index in [-0.39, 0.29) is 23.5 Å². The molecule has 4 nitrogen and oxygen atoms in total. The Morgan fingerprint density at radius 2 is 1.67 bits per heavy atom. The molecular weight excluding hydrogens is 530 g/mol. The van der Waals surface area contributed by atoms with Crippen LogP contribution < -0.4 is 5.73 Å². The van der Waals surface area contributed by atoms with Crippen molar-refractivity contribution >= 4 is 5.97 Å². The van der Waals surface area contributed by atoms with E-state index in [4.69, 9.17) is 10.5 Å². The predicted molar refractivity (Wildman–Crippen MR) is 175 cm³/mol. The van der Waals surface area contributed by atoms with Gasteiger partial charge in [-0.15, -0.1) is 0 Å². The lowest BCUT2D eigenvalue weighted by Gasteiger charge is -2.72. The molecule has 0 amide bonds. The summed E-state index contributed by atoms with van der Waals surface area (Å²) in [7, 11) is 0. The van der Waals surface area contributed by atoms with Crippen LogP contribution >= 0.6 is 0 Å². The van der Waals surface area contributed by atoms with Crippen LogP contribution in [0.1, 0.15) is 132 Å². The fraction of sp³-hybridized carbons (Fsp3) is 0.872. The molecule has 242 valence electrons. The average Bonchev–Trinajstić information content (AvgIpc) is 3.31. The summed E-state index contributed by atoms with van der Waals surface area (Å²) in [6, 6.07) is 0. The van der Waals surface area contributed by atoms with Crippen LogP contribution in [0, 0.1) is 62.6 Å². The minimum Gasteiger partial charge on any atom is -0.465 e. The van der Waals surface area contributed by atoms with Gasteiger partial charge in [-0.1, -0.05) is 60.6 Å². The molecule has 0 aromatic rings. The van der Waals surface area contributed by atoms with Crippen molar-refractivity contribution in [1.29, 1.82) is 0 Å². The molecule has 0 saturated heterocycles. The lowest BCUT2D eigenvalue weighted by molar-refractivity contribution is -0.221. The molecule has 0 aromatic heterocycles. The van der Waals surface area contributed by atoms with Crippen molar-refractivity contribution in [2.75, 3.05) is 13.2 Å². The first-order chi connectivity index (χ1) is 20.1. The number of rotatable bonds is 5. The van der Waals surface area contributed by atoms with Gasteiger partial charge in [-0.3, -0.25) is 4.79 Å². The van der Waals surface area contributed by atoms with Gasteiger partial charge in [0.05, 0.1) is 18.6 Å². The van der Waals surface area contributed by atoms with Crippen LogP contribution in [0.3, 0.4) is 0 Å². The first-order valence-electron chi connectivity index (χ1n) is 18.1. The number of hydrogen-bond acceptors (Lipinski definition) is 4. The van der Waals surface area contributed by atoms with Crippen molar-refractivity contribution in [3.05, 3.63) is 23.3 Å². The van der Waals surface area contributed by atoms with Crippen LogP contribution in [0.2, 0.25) is 0 Å². The van der Waals surface area contributed by atoms with Gasteiger partial charge in [0.1, 0.15) is 0 Å². The topological polar surface area (TPSA) is 72.5 Å². The van der Waals surface area contributed by atoms with Crippen LogP contribution in [0.5, 0.6) is 0 Å². The van der Waals surface area contributed by atoms with Crippen LogP contribution in [0.4, 0.5) is 0 Å². The molecule has 6 rings (SSSR count). The Balaban J connectivity index is 1.30. The van der Waals surface area contributed by atoms with E-state index in [0.29, 0.717) is 47.5 Å². The molecule has 0 aromatic carbocycles. The van der Waals surface area contributed by atoms with Gasteiger partial charge in [0.2, 0.25) is 0 Å². The fourth-order valence-corrected chi connectivity index (χ4v) is 13.4. The minimum absolute atomic E-state index is 0.0719. The number of aliphatic hydroxyl groups excluding tert-OH is 1. The van der Waals surface area contributed by atoms with Gasteiger partial charge in [0.25, 0.3) is 0 Å². The van der Waals surface area contributed by atoms with E-state index in [0.717, 1.165) is 36.5 Å². The third kappa shape index (κ3) is 4.30. The van der Waals surface area contributed by atoms with Crippen LogP contribution in [-0.2, 0) is 9.53 Å². The third-order valence-corrected chi connectivity index (χ3v) is 16.0. The smallest absolute Gasteiger partial charge is 0.314 e. The standard InChI is InChI=1S/C39H63NO3/c1-9-43-33(42)38(24-41)19-12-26(13-20-38)28-15-17-35(6)30(34(28,4)5)16-18-37(8)31(35)11-10-29-32-27(25(2)3)14-21-39(32,40)23-22-36(29,37)7/h12,15,25,27,29-32,41H,9-11,13-14,16-24,40H2,1-8H3/t27-,29+,30-,31+,32+,35-,36+,37+,38-,39-/m0/s1. The summed E-state index contributed by atoms with van der Waals surface area (Å²) in [6.07, 6.45) is 18.6. The summed E-state index contributed by atoms with van der Waals surface area (Å²) in [5.74, 6) is 4.14. The number of allylic oxidation sites excluding steroid dienone is 4. The van der Waals surface area contributed by atoms with Crippen molar-refractivity contribution in [1.82, 2.24) is 0 Å². The zero-order valence-corrected chi connectivity index (χ0v) is 28.9. The van der Waals surface area contributed by atoms with Gasteiger partial charge in [-0.2, -0.15) is 0 Å². The van der Waals surface area contributed by atoms with Crippen LogP contribution in [0.15, 0.2) is 23.3 Å². The molecule has 43 heavy (non-hydrogen) atoms. The molecule has 0 heterocycles. The maximum Gasteiger partial charge on any atom is 0.314 e. The normalized spacial score (nSPS) is 48.8. The molecule has 0 bridgehead atoms. The summed E-state index contributed by atoms with van der Waals surface area (Å²) in [6.45, 7) is 20.2. The second kappa shape index (κ2) is 10.4. The van der Waals surface area contributed by atoms with Gasteiger partial charge in [-0.05, 0) is 152 Å². The first-order valence-corrected chi connectivity index (χ1v) is 18.1. The second-order valence-electron chi connectivity index (χ2n) is 18.0. The highest BCUT2D eigenvalue weighted by molar-refractivity contribution is 5.77. The second-order valence-corrected chi connectivity index (χ2v) is 18.0. The number of aliphatic hydroxyl groups is 1. The molecule has 4 fully saturated rings. The number of fused-ring (bicyclic) bond motifs is 7. The highest BCUT2D eigenvalue weighted by Gasteiger charge is 2.70. The number of nitrogens with two attached hydrogens (primary N) is 1. The fourth-order valence-electron chi connectivity index (χ4n) is 13.4. The van der Waals surface area contributed by atoms with E-state index < -0.39 is 5.41 Å². The number of hydrogen-bond donors (Lipinski definition) is 2. The Labute approximate surface area is 263 Å². The quantitative estimate of drug-likeness (QED) is 0.313. The van der Waals surface area contributed by atoms with Crippen LogP contribution in [-0.4, -0.2) is 29.8 Å². The van der Waals surface area contributed by atoms with E-state index >= 15 is 0 Å². The maximum atomic E-state index is 12.8. The van der Waals surface area contributed by atoms with E-state index in [1.807, 2.05) is 6.92 Å². The van der Waals surface area contributed by atoms with E-state index in [9.17, 15) is 9.90 Å². The van der Waals surface area contributed by atoms with Crippen LogP contribution in [0.25, 0.3) is 0 Å². The van der Waals surface area contributed by atoms with Gasteiger partial charge in [-0.25, -0.2) is 0 Å². The number of carbonyl (C=O) groups is 1. The lowest BCUT2D eigenvalue weighted by Crippen LogP contribution is -2.67. The molecule has 0 unspecified atom stereocenters. The van der Waals surface area contributed by atoms with Crippen molar-refractivity contribution in [2.45, 2.75) is 138 Å². The summed E-state index contributed by atoms with van der Waals surface area (Å²) in [5, 5.41) is 10.2. The molecule has 6 aliphatic rings. The summed E-state index contributed by atoms with van der Waals surface area (Å²) < 4.78 is 5.38.